The van der Waals surface area contributed by atoms with E-state index in [1.807, 2.05) is 0 Å². The minimum absolute atomic E-state index is 0.0179. The first-order valence-electron chi connectivity index (χ1n) is 3.64. The van der Waals surface area contributed by atoms with Crippen molar-refractivity contribution in [2.24, 2.45) is 0 Å². The molecule has 1 rings (SSSR count). The van der Waals surface area contributed by atoms with Crippen molar-refractivity contribution in [2.45, 2.75) is 12.5 Å². The van der Waals surface area contributed by atoms with E-state index < -0.39 is 6.10 Å². The first kappa shape index (κ1) is 9.64. The lowest BCUT2D eigenvalue weighted by Crippen LogP contribution is -2.01. The van der Waals surface area contributed by atoms with Crippen LogP contribution in [0.25, 0.3) is 0 Å². The first-order valence-corrected chi connectivity index (χ1v) is 4.43. The fraction of sp³-hybridized carbons (Fsp3) is 0.375. The molecular weight excluding hydrogens is 222 g/mol. The highest BCUT2D eigenvalue weighted by Gasteiger charge is 2.09. The summed E-state index contributed by atoms with van der Waals surface area (Å²) in [5, 5.41) is 18.1. The van der Waals surface area contributed by atoms with E-state index in [-0.39, 0.29) is 6.61 Å². The summed E-state index contributed by atoms with van der Waals surface area (Å²) < 4.78 is 0.769. The molecule has 0 aliphatic rings. The number of nitrogens with zero attached hydrogens (tertiary/aromatic N) is 1. The highest BCUT2D eigenvalue weighted by Crippen LogP contribution is 2.23. The third kappa shape index (κ3) is 2.27. The van der Waals surface area contributed by atoms with Crippen LogP contribution in [-0.2, 0) is 0 Å². The Balaban J connectivity index is 2.79. The third-order valence-electron chi connectivity index (χ3n) is 1.57. The molecule has 0 aliphatic heterocycles. The molecule has 0 bridgehead atoms. The van der Waals surface area contributed by atoms with Gasteiger partial charge in [0.2, 0.25) is 0 Å². The Morgan fingerprint density at radius 2 is 2.33 bits per heavy atom. The maximum Gasteiger partial charge on any atom is 0.0823 e. The van der Waals surface area contributed by atoms with Crippen LogP contribution in [-0.4, -0.2) is 21.8 Å². The van der Waals surface area contributed by atoms with Gasteiger partial charge in [0.25, 0.3) is 0 Å². The van der Waals surface area contributed by atoms with Gasteiger partial charge in [-0.1, -0.05) is 0 Å². The molecule has 2 N–H and O–H groups in total. The standard InChI is InChI=1S/C8H10BrNO2/c9-7-5-10-3-1-6(7)8(12)2-4-11/h1,3,5,8,11-12H,2,4H2. The minimum Gasteiger partial charge on any atom is -0.396 e. The third-order valence-corrected chi connectivity index (χ3v) is 2.23. The maximum atomic E-state index is 9.48. The topological polar surface area (TPSA) is 53.4 Å². The van der Waals surface area contributed by atoms with Gasteiger partial charge in [-0.2, -0.15) is 0 Å². The Bertz CT molecular complexity index is 255. The zero-order valence-electron chi connectivity index (χ0n) is 6.44. The summed E-state index contributed by atoms with van der Waals surface area (Å²) in [5.74, 6) is 0. The Hall–Kier alpha value is -0.450. The number of hydrogen-bond donors (Lipinski definition) is 2. The molecule has 1 atom stereocenters. The minimum atomic E-state index is -0.618. The van der Waals surface area contributed by atoms with Gasteiger partial charge >= 0.3 is 0 Å². The maximum absolute atomic E-state index is 9.48. The van der Waals surface area contributed by atoms with Crippen molar-refractivity contribution in [3.05, 3.63) is 28.5 Å². The zero-order chi connectivity index (χ0) is 8.97. The average molecular weight is 232 g/mol. The summed E-state index contributed by atoms with van der Waals surface area (Å²) in [5.41, 5.74) is 0.763. The highest BCUT2D eigenvalue weighted by atomic mass is 79.9. The lowest BCUT2D eigenvalue weighted by molar-refractivity contribution is 0.133. The second-order valence-electron chi connectivity index (χ2n) is 2.43. The second kappa shape index (κ2) is 4.54. The summed E-state index contributed by atoms with van der Waals surface area (Å²) in [6.45, 7) is -0.0179. The van der Waals surface area contributed by atoms with Crippen LogP contribution in [0.1, 0.15) is 18.1 Å². The molecule has 1 unspecified atom stereocenters. The lowest BCUT2D eigenvalue weighted by atomic mass is 10.1. The summed E-state index contributed by atoms with van der Waals surface area (Å²) in [6.07, 6.45) is 2.96. The molecule has 1 aromatic heterocycles. The number of rotatable bonds is 3. The van der Waals surface area contributed by atoms with Gasteiger partial charge < -0.3 is 10.2 Å². The van der Waals surface area contributed by atoms with Crippen LogP contribution in [0.3, 0.4) is 0 Å². The normalized spacial score (nSPS) is 12.9. The summed E-state index contributed by atoms with van der Waals surface area (Å²) in [4.78, 5) is 3.87. The molecule has 0 fully saturated rings. The monoisotopic (exact) mass is 231 g/mol. The van der Waals surface area contributed by atoms with Crippen LogP contribution >= 0.6 is 15.9 Å². The summed E-state index contributed by atoms with van der Waals surface area (Å²) in [6, 6.07) is 1.73. The number of hydrogen-bond acceptors (Lipinski definition) is 3. The second-order valence-corrected chi connectivity index (χ2v) is 3.28. The van der Waals surface area contributed by atoms with Crippen LogP contribution in [0.4, 0.5) is 0 Å². The van der Waals surface area contributed by atoms with Gasteiger partial charge in [0.05, 0.1) is 6.10 Å². The fourth-order valence-electron chi connectivity index (χ4n) is 0.934. The molecule has 0 amide bonds. The molecule has 12 heavy (non-hydrogen) atoms. The molecule has 1 aromatic rings. The van der Waals surface area contributed by atoms with Crippen LogP contribution in [0.2, 0.25) is 0 Å². The number of aliphatic hydroxyl groups is 2. The van der Waals surface area contributed by atoms with E-state index >= 15 is 0 Å². The Labute approximate surface area is 79.2 Å². The molecule has 0 saturated heterocycles. The zero-order valence-corrected chi connectivity index (χ0v) is 8.03. The molecule has 4 heteroatoms. The van der Waals surface area contributed by atoms with Crippen LogP contribution in [0.5, 0.6) is 0 Å². The van der Waals surface area contributed by atoms with Crippen molar-refractivity contribution < 1.29 is 10.2 Å². The van der Waals surface area contributed by atoms with Crippen molar-refractivity contribution in [1.82, 2.24) is 4.98 Å². The summed E-state index contributed by atoms with van der Waals surface area (Å²) >= 11 is 3.26. The van der Waals surface area contributed by atoms with Gasteiger partial charge in [0, 0.05) is 29.9 Å². The van der Waals surface area contributed by atoms with Crippen LogP contribution in [0, 0.1) is 0 Å². The molecule has 1 heterocycles. The molecule has 3 nitrogen and oxygen atoms in total. The van der Waals surface area contributed by atoms with E-state index in [9.17, 15) is 5.11 Å². The van der Waals surface area contributed by atoms with Gasteiger partial charge in [-0.25, -0.2) is 0 Å². The van der Waals surface area contributed by atoms with Crippen molar-refractivity contribution in [3.63, 3.8) is 0 Å². The number of halogens is 1. The number of aromatic nitrogens is 1. The Morgan fingerprint density at radius 3 is 2.92 bits per heavy atom. The Kier molecular flexibility index (Phi) is 3.65. The fourth-order valence-corrected chi connectivity index (χ4v) is 1.45. The quantitative estimate of drug-likeness (QED) is 0.824. The van der Waals surface area contributed by atoms with E-state index in [0.717, 1.165) is 10.0 Å². The van der Waals surface area contributed by atoms with Gasteiger partial charge in [-0.05, 0) is 27.6 Å². The molecular formula is C8H10BrNO2. The van der Waals surface area contributed by atoms with Gasteiger partial charge in [-0.3, -0.25) is 4.98 Å². The van der Waals surface area contributed by atoms with Crippen LogP contribution < -0.4 is 0 Å². The van der Waals surface area contributed by atoms with Crippen molar-refractivity contribution in [2.75, 3.05) is 6.61 Å². The largest absolute Gasteiger partial charge is 0.396 e. The first-order chi connectivity index (χ1) is 5.75. The van der Waals surface area contributed by atoms with E-state index in [2.05, 4.69) is 20.9 Å². The molecule has 0 saturated carbocycles. The van der Waals surface area contributed by atoms with Gasteiger partial charge in [-0.15, -0.1) is 0 Å². The SMILES string of the molecule is OCCC(O)c1ccncc1Br. The highest BCUT2D eigenvalue weighted by molar-refractivity contribution is 9.10. The van der Waals surface area contributed by atoms with Gasteiger partial charge in [0.15, 0.2) is 0 Å². The molecule has 0 radical (unpaired) electrons. The van der Waals surface area contributed by atoms with Gasteiger partial charge in [0.1, 0.15) is 0 Å². The predicted molar refractivity (Wildman–Crippen MR) is 48.6 cm³/mol. The van der Waals surface area contributed by atoms with E-state index in [1.165, 1.54) is 0 Å². The predicted octanol–water partition coefficient (Wildman–Crippen LogP) is 1.26. The lowest BCUT2D eigenvalue weighted by Gasteiger charge is -2.09. The number of aliphatic hydroxyl groups excluding tert-OH is 2. The average Bonchev–Trinajstić information content (AvgIpc) is 2.05. The van der Waals surface area contributed by atoms with Crippen molar-refractivity contribution >= 4 is 15.9 Å². The molecule has 0 aliphatic carbocycles. The summed E-state index contributed by atoms with van der Waals surface area (Å²) in [7, 11) is 0. The van der Waals surface area contributed by atoms with Crippen molar-refractivity contribution in [1.29, 1.82) is 0 Å². The molecule has 66 valence electrons. The smallest absolute Gasteiger partial charge is 0.0823 e. The molecule has 0 aromatic carbocycles. The Morgan fingerprint density at radius 1 is 1.58 bits per heavy atom. The van der Waals surface area contributed by atoms with E-state index in [4.69, 9.17) is 5.11 Å². The van der Waals surface area contributed by atoms with E-state index in [0.29, 0.717) is 6.42 Å². The van der Waals surface area contributed by atoms with Crippen LogP contribution in [0.15, 0.2) is 22.9 Å². The van der Waals surface area contributed by atoms with E-state index in [1.54, 1.807) is 18.5 Å². The van der Waals surface area contributed by atoms with Crippen molar-refractivity contribution in [3.8, 4) is 0 Å². The molecule has 0 spiro atoms. The number of pyridine rings is 1.